The van der Waals surface area contributed by atoms with Crippen molar-refractivity contribution in [2.45, 2.75) is 31.6 Å². The van der Waals surface area contributed by atoms with Crippen LogP contribution in [0.1, 0.15) is 36.6 Å². The Morgan fingerprint density at radius 3 is 3.17 bits per heavy atom. The van der Waals surface area contributed by atoms with Gasteiger partial charge in [0, 0.05) is 18.9 Å². The van der Waals surface area contributed by atoms with Gasteiger partial charge >= 0.3 is 0 Å². The van der Waals surface area contributed by atoms with Crippen molar-refractivity contribution in [3.63, 3.8) is 0 Å². The maximum Gasteiger partial charge on any atom is 0.160 e. The van der Waals surface area contributed by atoms with Gasteiger partial charge in [-0.3, -0.25) is 0 Å². The lowest BCUT2D eigenvalue weighted by atomic mass is 10.1. The topological polar surface area (TPSA) is 38.1 Å². The second kappa shape index (κ2) is 2.25. The number of nitrogens with one attached hydrogen (secondary N) is 1. The van der Waals surface area contributed by atoms with Crippen LogP contribution >= 0.6 is 0 Å². The van der Waals surface area contributed by atoms with Crippen molar-refractivity contribution < 1.29 is 4.52 Å². The maximum atomic E-state index is 5.28. The molecule has 1 aliphatic heterocycles. The smallest absolute Gasteiger partial charge is 0.160 e. The lowest BCUT2D eigenvalue weighted by molar-refractivity contribution is 0.374. The summed E-state index contributed by atoms with van der Waals surface area (Å²) in [6, 6.07) is 0. The van der Waals surface area contributed by atoms with Crippen LogP contribution in [0.3, 0.4) is 0 Å². The highest BCUT2D eigenvalue weighted by atomic mass is 16.5. The Hall–Kier alpha value is -0.990. The molecule has 1 aliphatic carbocycles. The van der Waals surface area contributed by atoms with Gasteiger partial charge in [0.2, 0.25) is 0 Å². The molecule has 3 rings (SSSR count). The van der Waals surface area contributed by atoms with Gasteiger partial charge < -0.3 is 9.84 Å². The van der Waals surface area contributed by atoms with Crippen LogP contribution in [0.25, 0.3) is 0 Å². The molecule has 1 aromatic rings. The first-order valence-electron chi connectivity index (χ1n) is 4.67. The van der Waals surface area contributed by atoms with Crippen molar-refractivity contribution >= 4 is 5.69 Å². The zero-order valence-corrected chi connectivity index (χ0v) is 6.97. The first-order valence-corrected chi connectivity index (χ1v) is 4.67. The predicted octanol–water partition coefficient (Wildman–Crippen LogP) is 1.91. The first kappa shape index (κ1) is 6.52. The molecule has 3 nitrogen and oxygen atoms in total. The average molecular weight is 164 g/mol. The number of hydrogen-bond donors (Lipinski definition) is 1. The molecule has 1 fully saturated rings. The zero-order chi connectivity index (χ0) is 7.97. The Bertz CT molecular complexity index is 301. The molecule has 3 heteroatoms. The van der Waals surface area contributed by atoms with Crippen LogP contribution in [0.5, 0.6) is 0 Å². The summed E-state index contributed by atoms with van der Waals surface area (Å²) in [6.45, 7) is 1.08. The Labute approximate surface area is 71.1 Å². The molecule has 2 heterocycles. The van der Waals surface area contributed by atoms with Gasteiger partial charge in [0.1, 0.15) is 11.4 Å². The van der Waals surface area contributed by atoms with Gasteiger partial charge in [-0.1, -0.05) is 5.16 Å². The summed E-state index contributed by atoms with van der Waals surface area (Å²) in [7, 11) is 0. The molecule has 0 saturated heterocycles. The minimum atomic E-state index is 0.697. The number of anilines is 1. The average Bonchev–Trinajstić information content (AvgIpc) is 2.86. The fraction of sp³-hybridized carbons (Fsp3) is 0.667. The highest BCUT2D eigenvalue weighted by Crippen LogP contribution is 2.44. The van der Waals surface area contributed by atoms with Gasteiger partial charge in [-0.05, 0) is 19.3 Å². The van der Waals surface area contributed by atoms with E-state index < -0.39 is 0 Å². The molecule has 0 spiro atoms. The van der Waals surface area contributed by atoms with Crippen molar-refractivity contribution in [2.75, 3.05) is 11.9 Å². The second-order valence-electron chi connectivity index (χ2n) is 3.67. The van der Waals surface area contributed by atoms with Crippen LogP contribution in [0.4, 0.5) is 5.69 Å². The third kappa shape index (κ3) is 0.854. The third-order valence-electron chi connectivity index (χ3n) is 2.64. The summed E-state index contributed by atoms with van der Waals surface area (Å²) in [6.07, 6.45) is 4.82. The quantitative estimate of drug-likeness (QED) is 0.689. The van der Waals surface area contributed by atoms with E-state index in [1.54, 1.807) is 0 Å². The van der Waals surface area contributed by atoms with Gasteiger partial charge in [0.15, 0.2) is 5.76 Å². The Kier molecular flexibility index (Phi) is 1.22. The van der Waals surface area contributed by atoms with E-state index >= 15 is 0 Å². The van der Waals surface area contributed by atoms with Crippen LogP contribution in [0.2, 0.25) is 0 Å². The van der Waals surface area contributed by atoms with Crippen LogP contribution < -0.4 is 5.32 Å². The summed E-state index contributed by atoms with van der Waals surface area (Å²) in [5.74, 6) is 1.77. The van der Waals surface area contributed by atoms with E-state index in [-0.39, 0.29) is 0 Å². The van der Waals surface area contributed by atoms with Crippen LogP contribution in [-0.2, 0) is 6.42 Å². The van der Waals surface area contributed by atoms with Gasteiger partial charge in [-0.15, -0.1) is 0 Å². The van der Waals surface area contributed by atoms with E-state index in [1.807, 2.05) is 0 Å². The van der Waals surface area contributed by atoms with Gasteiger partial charge in [0.25, 0.3) is 0 Å². The zero-order valence-electron chi connectivity index (χ0n) is 6.97. The highest BCUT2D eigenvalue weighted by molar-refractivity contribution is 5.55. The molecule has 2 aliphatic rings. The molecular weight excluding hydrogens is 152 g/mol. The van der Waals surface area contributed by atoms with Gasteiger partial charge in [-0.25, -0.2) is 0 Å². The Morgan fingerprint density at radius 1 is 1.42 bits per heavy atom. The minimum Gasteiger partial charge on any atom is -0.381 e. The van der Waals surface area contributed by atoms with Gasteiger partial charge in [-0.2, -0.15) is 0 Å². The standard InChI is InChI=1S/C9H12N2O/c1-2-7-9(10-5-1)8(11-12-7)6-3-4-6/h6,10H,1-5H2. The number of aryl methyl sites for hydroxylation is 1. The highest BCUT2D eigenvalue weighted by Gasteiger charge is 2.32. The number of aromatic nitrogens is 1. The van der Waals surface area contributed by atoms with E-state index in [9.17, 15) is 0 Å². The van der Waals surface area contributed by atoms with Gasteiger partial charge in [0.05, 0.1) is 0 Å². The van der Waals surface area contributed by atoms with Crippen molar-refractivity contribution in [3.8, 4) is 0 Å². The monoisotopic (exact) mass is 164 g/mol. The molecule has 1 saturated carbocycles. The summed E-state index contributed by atoms with van der Waals surface area (Å²) < 4.78 is 5.28. The van der Waals surface area contributed by atoms with Crippen LogP contribution in [-0.4, -0.2) is 11.7 Å². The molecular formula is C9H12N2O. The molecule has 0 radical (unpaired) electrons. The van der Waals surface area contributed by atoms with E-state index in [4.69, 9.17) is 4.52 Å². The fourth-order valence-electron chi connectivity index (χ4n) is 1.80. The summed E-state index contributed by atoms with van der Waals surface area (Å²) in [5.41, 5.74) is 2.40. The van der Waals surface area contributed by atoms with Crippen molar-refractivity contribution in [2.24, 2.45) is 0 Å². The molecule has 0 atom stereocenters. The normalized spacial score (nSPS) is 21.7. The lowest BCUT2D eigenvalue weighted by Gasteiger charge is -2.11. The van der Waals surface area contributed by atoms with E-state index in [0.717, 1.165) is 18.7 Å². The van der Waals surface area contributed by atoms with E-state index in [0.29, 0.717) is 5.92 Å². The van der Waals surface area contributed by atoms with E-state index in [2.05, 4.69) is 10.5 Å². The Balaban J connectivity index is 2.03. The SMILES string of the molecule is C1CNc2c(C3CC3)noc2C1. The molecule has 12 heavy (non-hydrogen) atoms. The van der Waals surface area contributed by atoms with Crippen LogP contribution in [0.15, 0.2) is 4.52 Å². The van der Waals surface area contributed by atoms with Crippen molar-refractivity contribution in [1.82, 2.24) is 5.16 Å². The second-order valence-corrected chi connectivity index (χ2v) is 3.67. The molecule has 1 aromatic heterocycles. The first-order chi connectivity index (χ1) is 5.95. The number of fused-ring (bicyclic) bond motifs is 1. The summed E-state index contributed by atoms with van der Waals surface area (Å²) in [4.78, 5) is 0. The minimum absolute atomic E-state index is 0.697. The Morgan fingerprint density at radius 2 is 2.33 bits per heavy atom. The summed E-state index contributed by atoms with van der Waals surface area (Å²) in [5, 5.41) is 7.50. The fourth-order valence-corrected chi connectivity index (χ4v) is 1.80. The lowest BCUT2D eigenvalue weighted by Crippen LogP contribution is -2.10. The third-order valence-corrected chi connectivity index (χ3v) is 2.64. The predicted molar refractivity (Wildman–Crippen MR) is 45.3 cm³/mol. The molecule has 1 N–H and O–H groups in total. The molecule has 0 aromatic carbocycles. The number of nitrogens with zero attached hydrogens (tertiary/aromatic N) is 1. The van der Waals surface area contributed by atoms with Crippen molar-refractivity contribution in [3.05, 3.63) is 11.5 Å². The number of hydrogen-bond acceptors (Lipinski definition) is 3. The largest absolute Gasteiger partial charge is 0.381 e. The molecule has 64 valence electrons. The van der Waals surface area contributed by atoms with Crippen molar-refractivity contribution in [1.29, 1.82) is 0 Å². The molecule has 0 bridgehead atoms. The maximum absolute atomic E-state index is 5.28. The molecule has 0 amide bonds. The summed E-state index contributed by atoms with van der Waals surface area (Å²) >= 11 is 0. The molecule has 0 unspecified atom stereocenters. The van der Waals surface area contributed by atoms with Crippen LogP contribution in [0, 0.1) is 0 Å². The van der Waals surface area contributed by atoms with E-state index in [1.165, 1.54) is 30.6 Å². The number of rotatable bonds is 1.